The zero-order valence-corrected chi connectivity index (χ0v) is 25.0. The third-order valence-electron chi connectivity index (χ3n) is 8.32. The van der Waals surface area contributed by atoms with Crippen LogP contribution in [0.15, 0.2) is 48.9 Å². The first-order chi connectivity index (χ1) is 21.3. The molecule has 4 aromatic rings. The van der Waals surface area contributed by atoms with E-state index in [9.17, 15) is 0 Å². The molecule has 3 aromatic heterocycles. The highest BCUT2D eigenvalue weighted by Gasteiger charge is 2.22. The van der Waals surface area contributed by atoms with E-state index in [0.29, 0.717) is 12.5 Å². The van der Waals surface area contributed by atoms with E-state index in [1.807, 2.05) is 35.1 Å². The highest BCUT2D eigenvalue weighted by atomic mass is 15.4. The molecular weight excluding hydrogens is 540 g/mol. The second-order valence-corrected chi connectivity index (χ2v) is 11.5. The van der Waals surface area contributed by atoms with Gasteiger partial charge in [0.25, 0.3) is 0 Å². The van der Waals surface area contributed by atoms with Gasteiger partial charge in [-0.15, -0.1) is 5.10 Å². The summed E-state index contributed by atoms with van der Waals surface area (Å²) < 4.78 is 1.92. The molecule has 2 aliphatic rings. The van der Waals surface area contributed by atoms with Crippen LogP contribution in [-0.4, -0.2) is 86.8 Å². The average Bonchev–Trinajstić information content (AvgIpc) is 3.53. The van der Waals surface area contributed by atoms with Gasteiger partial charge in [0.05, 0.1) is 18.3 Å². The predicted molar refractivity (Wildman–Crippen MR) is 170 cm³/mol. The van der Waals surface area contributed by atoms with E-state index in [1.54, 1.807) is 12.4 Å². The number of aryl methyl sites for hydroxylation is 1. The minimum absolute atomic E-state index is 0.517. The van der Waals surface area contributed by atoms with E-state index in [2.05, 4.69) is 52.1 Å². The fourth-order valence-corrected chi connectivity index (χ4v) is 5.97. The van der Waals surface area contributed by atoms with Crippen LogP contribution in [0.5, 0.6) is 0 Å². The monoisotopic (exact) mass is 584 g/mol. The summed E-state index contributed by atoms with van der Waals surface area (Å²) in [5.74, 6) is 2.32. The van der Waals surface area contributed by atoms with Crippen LogP contribution in [0.3, 0.4) is 0 Å². The topological polar surface area (TPSA) is 125 Å². The van der Waals surface area contributed by atoms with Gasteiger partial charge >= 0.3 is 0 Å². The minimum Gasteiger partial charge on any atom is -0.352 e. The Labute approximate surface area is 253 Å². The summed E-state index contributed by atoms with van der Waals surface area (Å²) in [6.45, 7) is 7.84. The van der Waals surface area contributed by atoms with Crippen molar-refractivity contribution in [3.05, 3.63) is 54.6 Å². The van der Waals surface area contributed by atoms with Gasteiger partial charge in [0, 0.05) is 56.5 Å². The number of aromatic nitrogens is 7. The summed E-state index contributed by atoms with van der Waals surface area (Å²) in [4.78, 5) is 23.1. The number of fused-ring (bicyclic) bond motifs is 1. The molecule has 228 valence electrons. The predicted octanol–water partition coefficient (Wildman–Crippen LogP) is 3.24. The third-order valence-corrected chi connectivity index (χ3v) is 8.32. The summed E-state index contributed by atoms with van der Waals surface area (Å²) in [6.07, 6.45) is 14.7. The molecule has 0 atom stereocenters. The highest BCUT2D eigenvalue weighted by Crippen LogP contribution is 2.27. The molecule has 3 N–H and O–H groups in total. The van der Waals surface area contributed by atoms with Crippen molar-refractivity contribution in [3.8, 4) is 0 Å². The highest BCUT2D eigenvalue weighted by molar-refractivity contribution is 5.90. The lowest BCUT2D eigenvalue weighted by molar-refractivity contribution is 0.371. The first kappa shape index (κ1) is 29.2. The van der Waals surface area contributed by atoms with E-state index in [-0.39, 0.29) is 0 Å². The van der Waals surface area contributed by atoms with Crippen LogP contribution in [0.4, 0.5) is 17.7 Å². The maximum atomic E-state index is 4.95. The number of hydrogen-bond donors (Lipinski definition) is 3. The SMILES string of the molecule is c1cnc(N2CCN(c3nc(NCc4cn(CCCNCCCNC5CCCCC5)nn4)nc4ccccc34)CC2)nc1. The number of piperazine rings is 1. The van der Waals surface area contributed by atoms with Gasteiger partial charge in [0.15, 0.2) is 0 Å². The van der Waals surface area contributed by atoms with Crippen LogP contribution in [-0.2, 0) is 13.1 Å². The zero-order valence-electron chi connectivity index (χ0n) is 25.0. The maximum Gasteiger partial charge on any atom is 0.225 e. The molecule has 1 aliphatic heterocycles. The number of nitrogens with one attached hydrogen (secondary N) is 3. The van der Waals surface area contributed by atoms with Gasteiger partial charge < -0.3 is 25.8 Å². The molecule has 0 amide bonds. The standard InChI is InChI=1S/C31H44N12/c1-2-9-25(10-3-1)33-15-6-13-32-14-8-18-43-24-26(39-40-43)23-36-30-37-28-12-5-4-11-27(28)29(38-30)41-19-21-42(22-20-41)31-34-16-7-17-35-31/h4-5,7,11-12,16-17,24-25,32-33H,1-3,6,8-10,13-15,18-23H2,(H,36,37,38). The van der Waals surface area contributed by atoms with Gasteiger partial charge in [-0.25, -0.2) is 15.0 Å². The first-order valence-corrected chi connectivity index (χ1v) is 15.9. The van der Waals surface area contributed by atoms with E-state index in [4.69, 9.17) is 9.97 Å². The molecule has 0 radical (unpaired) electrons. The lowest BCUT2D eigenvalue weighted by atomic mass is 9.95. The van der Waals surface area contributed by atoms with Crippen LogP contribution < -0.4 is 25.8 Å². The van der Waals surface area contributed by atoms with Gasteiger partial charge in [0.2, 0.25) is 11.9 Å². The van der Waals surface area contributed by atoms with Crippen molar-refractivity contribution in [3.63, 3.8) is 0 Å². The zero-order chi connectivity index (χ0) is 29.1. The van der Waals surface area contributed by atoms with E-state index >= 15 is 0 Å². The van der Waals surface area contributed by atoms with Gasteiger partial charge in [-0.3, -0.25) is 4.68 Å². The normalized spacial score (nSPS) is 16.2. The molecule has 1 aromatic carbocycles. The molecule has 4 heterocycles. The molecule has 12 nitrogen and oxygen atoms in total. The number of nitrogens with zero attached hydrogens (tertiary/aromatic N) is 9. The fraction of sp³-hybridized carbons (Fsp3) is 0.548. The van der Waals surface area contributed by atoms with Crippen LogP contribution >= 0.6 is 0 Å². The molecule has 0 unspecified atom stereocenters. The van der Waals surface area contributed by atoms with Gasteiger partial charge in [-0.05, 0) is 63.5 Å². The summed E-state index contributed by atoms with van der Waals surface area (Å²) in [5.41, 5.74) is 1.79. The van der Waals surface area contributed by atoms with Gasteiger partial charge in [0.1, 0.15) is 11.5 Å². The molecule has 6 rings (SSSR count). The molecular formula is C31H44N12. The smallest absolute Gasteiger partial charge is 0.225 e. The lowest BCUT2D eigenvalue weighted by Crippen LogP contribution is -2.47. The van der Waals surface area contributed by atoms with Crippen molar-refractivity contribution in [2.24, 2.45) is 0 Å². The first-order valence-electron chi connectivity index (χ1n) is 15.9. The second-order valence-electron chi connectivity index (χ2n) is 11.5. The quantitative estimate of drug-likeness (QED) is 0.189. The van der Waals surface area contributed by atoms with Crippen LogP contribution in [0, 0.1) is 0 Å². The summed E-state index contributed by atoms with van der Waals surface area (Å²) in [6, 6.07) is 10.8. The van der Waals surface area contributed by atoms with Crippen molar-refractivity contribution < 1.29 is 0 Å². The van der Waals surface area contributed by atoms with Crippen molar-refractivity contribution >= 4 is 28.6 Å². The summed E-state index contributed by atoms with van der Waals surface area (Å²) >= 11 is 0. The van der Waals surface area contributed by atoms with Crippen molar-refractivity contribution in [1.82, 2.24) is 45.6 Å². The van der Waals surface area contributed by atoms with Crippen molar-refractivity contribution in [1.29, 1.82) is 0 Å². The van der Waals surface area contributed by atoms with Crippen molar-refractivity contribution in [2.45, 2.75) is 64.1 Å². The Morgan fingerprint density at radius 1 is 0.814 bits per heavy atom. The Balaban J connectivity index is 0.955. The Kier molecular flexibility index (Phi) is 10.2. The van der Waals surface area contributed by atoms with Gasteiger partial charge in [-0.2, -0.15) is 4.98 Å². The molecule has 12 heteroatoms. The average molecular weight is 585 g/mol. The molecule has 1 aliphatic carbocycles. The third kappa shape index (κ3) is 8.14. The summed E-state index contributed by atoms with van der Waals surface area (Å²) in [5, 5.41) is 20.4. The Hall–Kier alpha value is -3.90. The number of benzene rings is 1. The van der Waals surface area contributed by atoms with E-state index < -0.39 is 0 Å². The molecule has 0 spiro atoms. The van der Waals surface area contributed by atoms with E-state index in [1.165, 1.54) is 38.5 Å². The van der Waals surface area contributed by atoms with Crippen LogP contribution in [0.1, 0.15) is 50.6 Å². The van der Waals surface area contributed by atoms with E-state index in [0.717, 1.165) is 93.2 Å². The molecule has 1 saturated carbocycles. The Morgan fingerprint density at radius 2 is 1.60 bits per heavy atom. The molecule has 43 heavy (non-hydrogen) atoms. The second kappa shape index (κ2) is 15.0. The maximum absolute atomic E-state index is 4.95. The summed E-state index contributed by atoms with van der Waals surface area (Å²) in [7, 11) is 0. The molecule has 0 bridgehead atoms. The minimum atomic E-state index is 0.517. The number of rotatable bonds is 14. The van der Waals surface area contributed by atoms with Crippen LogP contribution in [0.25, 0.3) is 10.9 Å². The lowest BCUT2D eigenvalue weighted by Gasteiger charge is -2.35. The van der Waals surface area contributed by atoms with Gasteiger partial charge in [-0.1, -0.05) is 36.6 Å². The Bertz CT molecular complexity index is 1400. The fourth-order valence-electron chi connectivity index (χ4n) is 5.97. The number of para-hydroxylation sites is 1. The van der Waals surface area contributed by atoms with Crippen LogP contribution in [0.2, 0.25) is 0 Å². The molecule has 2 fully saturated rings. The molecule has 1 saturated heterocycles. The largest absolute Gasteiger partial charge is 0.352 e. The number of anilines is 3. The van der Waals surface area contributed by atoms with Crippen molar-refractivity contribution in [2.75, 3.05) is 60.9 Å². The Morgan fingerprint density at radius 3 is 2.47 bits per heavy atom. The number of hydrogen-bond acceptors (Lipinski definition) is 11.